The minimum absolute atomic E-state index is 0.133. The second kappa shape index (κ2) is 12.8. The molecule has 1 unspecified atom stereocenters. The summed E-state index contributed by atoms with van der Waals surface area (Å²) < 4.78 is 14.8. The summed E-state index contributed by atoms with van der Waals surface area (Å²) in [4.78, 5) is 18.1. The number of nitrogens with one attached hydrogen (secondary N) is 1. The Hall–Kier alpha value is -2.49. The Balaban J connectivity index is 1.51. The number of hydrogen-bond donors (Lipinski definition) is 1. The third-order valence-electron chi connectivity index (χ3n) is 6.81. The smallest absolute Gasteiger partial charge is 0.227 e. The van der Waals surface area contributed by atoms with Crippen LogP contribution in [0.1, 0.15) is 69.5 Å². The van der Waals surface area contributed by atoms with E-state index in [1.807, 2.05) is 48.0 Å². The lowest BCUT2D eigenvalue weighted by atomic mass is 9.85. The molecule has 0 radical (unpaired) electrons. The van der Waals surface area contributed by atoms with E-state index in [0.29, 0.717) is 48.0 Å². The molecule has 0 fully saturated rings. The number of thioether (sulfide) groups is 1. The van der Waals surface area contributed by atoms with Gasteiger partial charge in [-0.1, -0.05) is 61.3 Å². The number of carbonyl (C=O) groups is 1. The third-order valence-corrected chi connectivity index (χ3v) is 8.65. The average Bonchev–Trinajstić information content (AvgIpc) is 3.33. The molecule has 5 rings (SSSR count). The van der Waals surface area contributed by atoms with Crippen LogP contribution in [-0.4, -0.2) is 33.8 Å². The number of ketones is 1. The fraction of sp³-hybridized carbons (Fsp3) is 0.414. The summed E-state index contributed by atoms with van der Waals surface area (Å²) in [6, 6.07) is 11.4. The molecule has 2 aromatic carbocycles. The summed E-state index contributed by atoms with van der Waals surface area (Å²) in [5, 5.41) is 9.61. The van der Waals surface area contributed by atoms with E-state index in [2.05, 4.69) is 28.2 Å². The lowest BCUT2D eigenvalue weighted by Gasteiger charge is -2.32. The number of halogens is 2. The van der Waals surface area contributed by atoms with Crippen LogP contribution in [0.3, 0.4) is 0 Å². The quantitative estimate of drug-likeness (QED) is 0.170. The maximum absolute atomic E-state index is 13.3. The molecular formula is C29H32BrClN4O3S. The van der Waals surface area contributed by atoms with Crippen molar-refractivity contribution in [1.29, 1.82) is 0 Å². The van der Waals surface area contributed by atoms with Crippen molar-refractivity contribution in [1.82, 2.24) is 14.8 Å². The van der Waals surface area contributed by atoms with E-state index in [1.54, 1.807) is 0 Å². The van der Waals surface area contributed by atoms with Gasteiger partial charge in [0.05, 0.1) is 17.7 Å². The van der Waals surface area contributed by atoms with Gasteiger partial charge in [0.1, 0.15) is 6.04 Å². The summed E-state index contributed by atoms with van der Waals surface area (Å²) in [5.74, 6) is 2.74. The predicted octanol–water partition coefficient (Wildman–Crippen LogP) is 7.98. The van der Waals surface area contributed by atoms with Crippen molar-refractivity contribution in [3.05, 3.63) is 68.3 Å². The van der Waals surface area contributed by atoms with Crippen LogP contribution < -0.4 is 14.8 Å². The Kier molecular flexibility index (Phi) is 9.20. The normalized spacial score (nSPS) is 16.5. The molecule has 2 heterocycles. The van der Waals surface area contributed by atoms with Crippen LogP contribution in [0.4, 0.5) is 5.95 Å². The molecule has 0 amide bonds. The number of allylic oxidation sites excluding steroid dienone is 2. The van der Waals surface area contributed by atoms with Gasteiger partial charge in [0, 0.05) is 28.5 Å². The highest BCUT2D eigenvalue weighted by Crippen LogP contribution is 2.45. The van der Waals surface area contributed by atoms with Gasteiger partial charge in [-0.25, -0.2) is 4.68 Å². The van der Waals surface area contributed by atoms with Crippen LogP contribution in [0.25, 0.3) is 0 Å². The minimum atomic E-state index is -0.420. The Morgan fingerprint density at radius 2 is 2.03 bits per heavy atom. The van der Waals surface area contributed by atoms with Crippen LogP contribution >= 0.6 is 39.3 Å². The highest BCUT2D eigenvalue weighted by Gasteiger charge is 2.37. The summed E-state index contributed by atoms with van der Waals surface area (Å²) >= 11 is 11.6. The van der Waals surface area contributed by atoms with Crippen LogP contribution in [0, 0.1) is 0 Å². The van der Waals surface area contributed by atoms with Gasteiger partial charge in [-0.05, 0) is 71.4 Å². The predicted molar refractivity (Wildman–Crippen MR) is 159 cm³/mol. The van der Waals surface area contributed by atoms with Gasteiger partial charge in [0.25, 0.3) is 0 Å². The van der Waals surface area contributed by atoms with Crippen LogP contribution in [-0.2, 0) is 10.5 Å². The van der Waals surface area contributed by atoms with Gasteiger partial charge in [-0.3, -0.25) is 4.79 Å². The number of nitrogens with zero attached hydrogens (tertiary/aromatic N) is 3. The van der Waals surface area contributed by atoms with E-state index in [9.17, 15) is 4.79 Å². The highest BCUT2D eigenvalue weighted by molar-refractivity contribution is 9.10. The van der Waals surface area contributed by atoms with Crippen molar-refractivity contribution < 1.29 is 14.3 Å². The van der Waals surface area contributed by atoms with Crippen molar-refractivity contribution >= 4 is 51.0 Å². The van der Waals surface area contributed by atoms with Gasteiger partial charge in [0.2, 0.25) is 11.1 Å². The number of rotatable bonds is 11. The molecule has 0 saturated heterocycles. The molecule has 0 spiro atoms. The lowest BCUT2D eigenvalue weighted by Crippen LogP contribution is -2.31. The summed E-state index contributed by atoms with van der Waals surface area (Å²) in [6.45, 7) is 5.24. The number of carbonyl (C=O) groups excluding carboxylic acids is 1. The van der Waals surface area contributed by atoms with Crippen molar-refractivity contribution in [2.24, 2.45) is 0 Å². The molecule has 1 N–H and O–H groups in total. The van der Waals surface area contributed by atoms with Gasteiger partial charge in [0.15, 0.2) is 17.3 Å². The number of benzene rings is 2. The number of anilines is 1. The monoisotopic (exact) mass is 630 g/mol. The zero-order valence-corrected chi connectivity index (χ0v) is 25.3. The molecule has 206 valence electrons. The van der Waals surface area contributed by atoms with E-state index in [1.165, 1.54) is 11.8 Å². The van der Waals surface area contributed by atoms with Crippen molar-refractivity contribution in [2.75, 3.05) is 18.5 Å². The fourth-order valence-corrected chi connectivity index (χ4v) is 6.63. The van der Waals surface area contributed by atoms with E-state index in [-0.39, 0.29) is 5.78 Å². The summed E-state index contributed by atoms with van der Waals surface area (Å²) in [5.41, 5.74) is 3.58. The van der Waals surface area contributed by atoms with E-state index < -0.39 is 6.04 Å². The topological polar surface area (TPSA) is 78.3 Å². The number of fused-ring (bicyclic) bond motifs is 1. The number of unbranched alkanes of at least 4 members (excludes halogenated alkanes) is 2. The molecule has 1 aromatic heterocycles. The molecular weight excluding hydrogens is 600 g/mol. The minimum Gasteiger partial charge on any atom is -0.490 e. The van der Waals surface area contributed by atoms with Gasteiger partial charge in [-0.2, -0.15) is 4.98 Å². The highest BCUT2D eigenvalue weighted by atomic mass is 79.9. The number of ether oxygens (including phenoxy) is 2. The maximum atomic E-state index is 13.3. The third kappa shape index (κ3) is 6.15. The SMILES string of the molecule is CCCCCOc1c(Br)cc(C2C3=C(CCCC3=O)Nc3nc(SCc4ccccc4Cl)nn32)cc1OCC. The Morgan fingerprint density at radius 3 is 2.82 bits per heavy atom. The first-order chi connectivity index (χ1) is 19.0. The molecule has 10 heteroatoms. The van der Waals surface area contributed by atoms with Crippen LogP contribution in [0.15, 0.2) is 57.3 Å². The standard InChI is InChI=1S/C29H32BrClN4O3S/c1-3-5-8-14-38-27-20(30)15-19(16-24(27)37-4-2)26-25-22(12-9-13-23(25)36)32-28-33-29(34-35(26)28)39-17-18-10-6-7-11-21(18)31/h6-7,10-11,15-16,26H,3-5,8-9,12-14,17H2,1-2H3,(H,32,33,34). The van der Waals surface area contributed by atoms with Gasteiger partial charge in [-0.15, -0.1) is 5.10 Å². The van der Waals surface area contributed by atoms with Crippen molar-refractivity contribution in [2.45, 2.75) is 69.3 Å². The Labute approximate surface area is 246 Å². The molecule has 3 aromatic rings. The molecule has 2 aliphatic rings. The van der Waals surface area contributed by atoms with Crippen LogP contribution in [0.2, 0.25) is 5.02 Å². The molecule has 1 aliphatic carbocycles. The molecule has 1 atom stereocenters. The molecule has 1 aliphatic heterocycles. The summed E-state index contributed by atoms with van der Waals surface area (Å²) in [7, 11) is 0. The average molecular weight is 632 g/mol. The van der Waals surface area contributed by atoms with Gasteiger partial charge >= 0.3 is 0 Å². The lowest BCUT2D eigenvalue weighted by molar-refractivity contribution is -0.116. The second-order valence-electron chi connectivity index (χ2n) is 9.56. The Bertz CT molecular complexity index is 1390. The number of aromatic nitrogens is 3. The first-order valence-electron chi connectivity index (χ1n) is 13.4. The largest absolute Gasteiger partial charge is 0.490 e. The summed E-state index contributed by atoms with van der Waals surface area (Å²) in [6.07, 6.45) is 5.35. The van der Waals surface area contributed by atoms with Crippen molar-refractivity contribution in [3.63, 3.8) is 0 Å². The maximum Gasteiger partial charge on any atom is 0.227 e. The van der Waals surface area contributed by atoms with Crippen LogP contribution in [0.5, 0.6) is 11.5 Å². The fourth-order valence-electron chi connectivity index (χ4n) is 4.94. The second-order valence-corrected chi connectivity index (χ2v) is 11.8. The zero-order chi connectivity index (χ0) is 27.4. The molecule has 0 saturated carbocycles. The van der Waals surface area contributed by atoms with E-state index in [0.717, 1.165) is 64.0 Å². The number of hydrogen-bond acceptors (Lipinski definition) is 7. The van der Waals surface area contributed by atoms with E-state index >= 15 is 0 Å². The first kappa shape index (κ1) is 28.1. The molecule has 39 heavy (non-hydrogen) atoms. The Morgan fingerprint density at radius 1 is 1.18 bits per heavy atom. The molecule has 7 nitrogen and oxygen atoms in total. The zero-order valence-electron chi connectivity index (χ0n) is 22.1. The van der Waals surface area contributed by atoms with E-state index in [4.69, 9.17) is 31.2 Å². The first-order valence-corrected chi connectivity index (χ1v) is 15.6. The molecule has 0 bridgehead atoms. The number of Topliss-reactive ketones (excluding diaryl/α,β-unsaturated/α-hetero) is 1. The van der Waals surface area contributed by atoms with Crippen molar-refractivity contribution in [3.8, 4) is 11.5 Å². The van der Waals surface area contributed by atoms with Gasteiger partial charge < -0.3 is 14.8 Å².